The van der Waals surface area contributed by atoms with Gasteiger partial charge in [-0.2, -0.15) is 0 Å². The first-order valence-electron chi connectivity index (χ1n) is 14.0. The number of halogens is 2. The van der Waals surface area contributed by atoms with Gasteiger partial charge in [0.05, 0.1) is 19.6 Å². The first-order valence-corrected chi connectivity index (χ1v) is 14.0. The van der Waals surface area contributed by atoms with E-state index in [2.05, 4.69) is 15.6 Å². The molecule has 12 heteroatoms. The number of benzene rings is 1. The van der Waals surface area contributed by atoms with E-state index in [4.69, 9.17) is 9.47 Å². The number of alkyl halides is 2. The van der Waals surface area contributed by atoms with Crippen molar-refractivity contribution in [3.05, 3.63) is 41.6 Å². The Morgan fingerprint density at radius 3 is 2.78 bits per heavy atom. The van der Waals surface area contributed by atoms with Crippen molar-refractivity contribution in [1.82, 2.24) is 20.5 Å². The number of ether oxygens (including phenoxy) is 2. The summed E-state index contributed by atoms with van der Waals surface area (Å²) >= 11 is 0. The largest absolute Gasteiger partial charge is 0.496 e. The second kappa shape index (κ2) is 10.5. The van der Waals surface area contributed by atoms with Crippen LogP contribution in [0, 0.1) is 11.8 Å². The molecule has 1 aromatic heterocycles. The van der Waals surface area contributed by atoms with Crippen molar-refractivity contribution in [1.29, 1.82) is 0 Å². The average Bonchev–Trinajstić information content (AvgIpc) is 3.67. The van der Waals surface area contributed by atoms with E-state index in [0.717, 1.165) is 0 Å². The van der Waals surface area contributed by atoms with Crippen LogP contribution in [0.3, 0.4) is 0 Å². The number of amides is 3. The molecule has 4 saturated heterocycles. The maximum atomic E-state index is 15.2. The number of piperidine rings is 2. The predicted octanol–water partition coefficient (Wildman–Crippen LogP) is 2.69. The molecule has 1 aliphatic carbocycles. The fourth-order valence-corrected chi connectivity index (χ4v) is 6.81. The topological polar surface area (TPSA) is 130 Å². The SMILES string of the molecule is COc1cccc2[nH]c(C(=O)N3[C@@H]4CC[C@H]([C@@H]3C(=O)N[C@@H](/C=C3\CCOC3=O)C[C@H]3CCNC3=O)C(F)(F)C4)cc12. The highest BCUT2D eigenvalue weighted by molar-refractivity contribution is 6.02. The number of nitrogens with one attached hydrogen (secondary N) is 3. The fraction of sp³-hybridized carbons (Fsp3) is 0.517. The summed E-state index contributed by atoms with van der Waals surface area (Å²) < 4.78 is 40.9. The number of fused-ring (bicyclic) bond motifs is 4. The number of hydrogen-bond acceptors (Lipinski definition) is 6. The highest BCUT2D eigenvalue weighted by Gasteiger charge is 2.60. The van der Waals surface area contributed by atoms with Gasteiger partial charge in [-0.1, -0.05) is 12.1 Å². The second-order valence-electron chi connectivity index (χ2n) is 11.3. The van der Waals surface area contributed by atoms with Gasteiger partial charge in [0.1, 0.15) is 17.5 Å². The van der Waals surface area contributed by atoms with Gasteiger partial charge in [-0.05, 0) is 43.9 Å². The average molecular weight is 571 g/mol. The van der Waals surface area contributed by atoms with Gasteiger partial charge in [0.25, 0.3) is 11.8 Å². The Hall–Kier alpha value is -3.96. The highest BCUT2D eigenvalue weighted by atomic mass is 19.3. The smallest absolute Gasteiger partial charge is 0.333 e. The first kappa shape index (κ1) is 27.2. The molecule has 41 heavy (non-hydrogen) atoms. The number of methoxy groups -OCH3 is 1. The van der Waals surface area contributed by atoms with Crippen molar-refractivity contribution in [3.63, 3.8) is 0 Å². The van der Waals surface area contributed by atoms with E-state index in [9.17, 15) is 19.2 Å². The van der Waals surface area contributed by atoms with Gasteiger partial charge in [-0.15, -0.1) is 0 Å². The molecule has 5 fully saturated rings. The molecule has 1 aromatic carbocycles. The number of aromatic amines is 1. The zero-order valence-electron chi connectivity index (χ0n) is 22.6. The van der Waals surface area contributed by atoms with Crippen LogP contribution in [0.25, 0.3) is 10.9 Å². The molecule has 2 aromatic rings. The number of nitrogens with zero attached hydrogens (tertiary/aromatic N) is 1. The Morgan fingerprint density at radius 2 is 2.10 bits per heavy atom. The van der Waals surface area contributed by atoms with Crippen molar-refractivity contribution >= 4 is 34.6 Å². The summed E-state index contributed by atoms with van der Waals surface area (Å²) in [6, 6.07) is 3.89. The molecule has 5 heterocycles. The van der Waals surface area contributed by atoms with Crippen molar-refractivity contribution in [2.45, 2.75) is 62.6 Å². The number of hydrogen-bond donors (Lipinski definition) is 3. The van der Waals surface area contributed by atoms with Gasteiger partial charge in [0.2, 0.25) is 11.8 Å². The summed E-state index contributed by atoms with van der Waals surface area (Å²) in [5.74, 6) is -6.28. The van der Waals surface area contributed by atoms with E-state index < -0.39 is 60.1 Å². The number of rotatable bonds is 7. The standard InChI is InChI=1S/C29H32F2N4O6/c1-40-23-4-2-3-21-19(23)13-22(34-21)27(38)35-18-5-6-20(29(30,31)14-18)24(35)26(37)33-17(11-15-7-9-32-25(15)36)12-16-8-10-41-28(16)39/h2-4,12-13,15,17-18,20,24,34H,5-11,14H2,1H3,(H,32,36)(H,33,37)/b16-12+/t15-,17-,18-,20-,24-/m1/s1. The van der Waals surface area contributed by atoms with Crippen LogP contribution in [-0.4, -0.2) is 77.9 Å². The van der Waals surface area contributed by atoms with Crippen molar-refractivity contribution in [3.8, 4) is 5.75 Å². The normalized spacial score (nSPS) is 28.6. The molecule has 218 valence electrons. The Labute approximate surface area is 234 Å². The van der Waals surface area contributed by atoms with Gasteiger partial charge in [-0.25, -0.2) is 13.6 Å². The molecule has 2 bridgehead atoms. The minimum absolute atomic E-state index is 0.100. The summed E-state index contributed by atoms with van der Waals surface area (Å²) in [5.41, 5.74) is 1.18. The lowest BCUT2D eigenvalue weighted by Crippen LogP contribution is -2.68. The lowest BCUT2D eigenvalue weighted by atomic mass is 9.71. The van der Waals surface area contributed by atoms with Crippen LogP contribution < -0.4 is 15.4 Å². The van der Waals surface area contributed by atoms with Crippen molar-refractivity contribution in [2.75, 3.05) is 20.3 Å². The first-order chi connectivity index (χ1) is 19.7. The van der Waals surface area contributed by atoms with E-state index >= 15 is 8.78 Å². The van der Waals surface area contributed by atoms with Crippen LogP contribution in [0.1, 0.15) is 49.0 Å². The molecular weight excluding hydrogens is 538 g/mol. The summed E-state index contributed by atoms with van der Waals surface area (Å²) in [6.07, 6.45) is 2.61. The summed E-state index contributed by atoms with van der Waals surface area (Å²) in [4.78, 5) is 56.6. The zero-order valence-corrected chi connectivity index (χ0v) is 22.6. The minimum atomic E-state index is -3.13. The van der Waals surface area contributed by atoms with Crippen LogP contribution >= 0.6 is 0 Å². The monoisotopic (exact) mass is 570 g/mol. The molecule has 4 aliphatic heterocycles. The third-order valence-corrected chi connectivity index (χ3v) is 8.81. The number of esters is 1. The van der Waals surface area contributed by atoms with Crippen molar-refractivity contribution < 1.29 is 37.4 Å². The maximum absolute atomic E-state index is 15.2. The molecule has 7 rings (SSSR count). The van der Waals surface area contributed by atoms with Gasteiger partial charge in [-0.3, -0.25) is 14.4 Å². The number of cyclic esters (lactones) is 1. The number of H-pyrrole nitrogens is 1. The van der Waals surface area contributed by atoms with E-state index in [0.29, 0.717) is 48.0 Å². The predicted molar refractivity (Wildman–Crippen MR) is 142 cm³/mol. The van der Waals surface area contributed by atoms with Crippen molar-refractivity contribution in [2.24, 2.45) is 11.8 Å². The van der Waals surface area contributed by atoms with Crippen LogP contribution in [0.4, 0.5) is 8.78 Å². The number of aromatic nitrogens is 1. The Balaban J connectivity index is 1.32. The molecule has 5 atom stereocenters. The lowest BCUT2D eigenvalue weighted by molar-refractivity contribution is -0.179. The molecular formula is C29H32F2N4O6. The highest BCUT2D eigenvalue weighted by Crippen LogP contribution is 2.49. The summed E-state index contributed by atoms with van der Waals surface area (Å²) in [6.45, 7) is 0.713. The summed E-state index contributed by atoms with van der Waals surface area (Å²) in [5, 5.41) is 6.25. The zero-order chi connectivity index (χ0) is 28.9. The Bertz CT molecular complexity index is 1440. The van der Waals surface area contributed by atoms with Gasteiger partial charge < -0.3 is 30.0 Å². The molecule has 3 N–H and O–H groups in total. The van der Waals surface area contributed by atoms with Crippen LogP contribution in [0.5, 0.6) is 5.75 Å². The fourth-order valence-electron chi connectivity index (χ4n) is 6.81. The quantitative estimate of drug-likeness (QED) is 0.347. The molecule has 10 nitrogen and oxygen atoms in total. The van der Waals surface area contributed by atoms with E-state index in [1.807, 2.05) is 0 Å². The Morgan fingerprint density at radius 1 is 1.27 bits per heavy atom. The van der Waals surface area contributed by atoms with E-state index in [1.54, 1.807) is 30.3 Å². The van der Waals surface area contributed by atoms with E-state index in [1.165, 1.54) is 12.0 Å². The Kier molecular flexibility index (Phi) is 6.95. The molecule has 0 spiro atoms. The minimum Gasteiger partial charge on any atom is -0.496 e. The third-order valence-electron chi connectivity index (χ3n) is 8.81. The maximum Gasteiger partial charge on any atom is 0.333 e. The van der Waals surface area contributed by atoms with Crippen LogP contribution in [-0.2, 0) is 19.1 Å². The third kappa shape index (κ3) is 4.93. The van der Waals surface area contributed by atoms with Gasteiger partial charge in [0.15, 0.2) is 0 Å². The number of carbonyl (C=O) groups excluding carboxylic acids is 4. The second-order valence-corrected chi connectivity index (χ2v) is 11.3. The summed E-state index contributed by atoms with van der Waals surface area (Å²) in [7, 11) is 1.52. The molecule has 0 unspecified atom stereocenters. The van der Waals surface area contributed by atoms with Crippen LogP contribution in [0.2, 0.25) is 0 Å². The van der Waals surface area contributed by atoms with Crippen LogP contribution in [0.15, 0.2) is 35.9 Å². The number of carbonyl (C=O) groups is 4. The lowest BCUT2D eigenvalue weighted by Gasteiger charge is -2.53. The molecule has 1 saturated carbocycles. The molecule has 0 radical (unpaired) electrons. The molecule has 5 aliphatic rings. The van der Waals surface area contributed by atoms with Gasteiger partial charge in [0, 0.05) is 53.9 Å². The van der Waals surface area contributed by atoms with Gasteiger partial charge >= 0.3 is 5.97 Å². The molecule has 3 amide bonds. The van der Waals surface area contributed by atoms with E-state index in [-0.39, 0.29) is 31.0 Å².